The van der Waals surface area contributed by atoms with Gasteiger partial charge in [0, 0.05) is 70.4 Å². The van der Waals surface area contributed by atoms with Crippen LogP contribution in [0.4, 0.5) is 61.2 Å². The van der Waals surface area contributed by atoms with Gasteiger partial charge < -0.3 is 133 Å². The van der Waals surface area contributed by atoms with E-state index in [0.29, 0.717) is 50.2 Å². The fraction of sp³-hybridized carbons (Fsp3) is 0.455. The van der Waals surface area contributed by atoms with E-state index in [9.17, 15) is 43.7 Å². The van der Waals surface area contributed by atoms with Gasteiger partial charge >= 0.3 is 40.3 Å². The topological polar surface area (TPSA) is 688 Å². The van der Waals surface area contributed by atoms with Crippen LogP contribution in [0.5, 0.6) is 0 Å². The van der Waals surface area contributed by atoms with Crippen LogP contribution in [-0.4, -0.2) is 266 Å². The van der Waals surface area contributed by atoms with E-state index < -0.39 is 244 Å². The maximum atomic E-state index is 16.0. The molecule has 6 bridgehead atoms. The van der Waals surface area contributed by atoms with Crippen molar-refractivity contribution in [2.45, 2.75) is 148 Å². The maximum Gasteiger partial charge on any atom is 0.325 e. The largest absolute Gasteiger partial charge is 0.398 e. The summed E-state index contributed by atoms with van der Waals surface area (Å²) in [5.41, 5.74) is 34.6. The lowest BCUT2D eigenvalue weighted by molar-refractivity contribution is -0.0598. The van der Waals surface area contributed by atoms with Crippen LogP contribution in [0.25, 0.3) is 66.6 Å². The van der Waals surface area contributed by atoms with Crippen molar-refractivity contribution in [1.82, 2.24) is 87.2 Å². The lowest BCUT2D eigenvalue weighted by atomic mass is 10.1. The standard InChI is InChI=1S/3C22H24F2N8O9P2S2/c3*23-12-10-5-36-42(34,44)40-15-11(39-20(13(15)24)31-4-2-8-9(25)1-3-27-17(8)31)6-37-43(35,45)41-16(12)21(38-10)32-7-28-14-18(32)29-22(26)30-19(14)33/h3*1-4,7,10-13,15-16,20-21H,5-6H2,(H2,25,27)(H,34,44)(H,35,45)(H3,26,29,30,33)/t3*10-,11-,12-,13+,15-,16-,20-,21-,42?,43?/m111/s1. The molecule has 726 valence electrons. The van der Waals surface area contributed by atoms with Crippen molar-refractivity contribution in [2.75, 3.05) is 74.0 Å². The molecule has 9 aliphatic rings. The Labute approximate surface area is 778 Å². The first kappa shape index (κ1) is 96.3. The Kier molecular flexibility index (Phi) is 26.3. The third-order valence-corrected chi connectivity index (χ3v) is 31.8. The number of aromatic amines is 3. The van der Waals surface area contributed by atoms with Crippen molar-refractivity contribution in [3.05, 3.63) is 124 Å². The van der Waals surface area contributed by atoms with Gasteiger partial charge in [-0.25, -0.2) is 56.2 Å². The first-order chi connectivity index (χ1) is 63.9. The van der Waals surface area contributed by atoms with Gasteiger partial charge in [0.2, 0.25) is 17.8 Å². The zero-order valence-corrected chi connectivity index (χ0v) is 77.9. The van der Waals surface area contributed by atoms with Crippen molar-refractivity contribution in [3.63, 3.8) is 0 Å². The van der Waals surface area contributed by atoms with E-state index in [1.807, 2.05) is 0 Å². The number of H-pyrrole nitrogens is 3. The van der Waals surface area contributed by atoms with Gasteiger partial charge in [-0.05, 0) is 107 Å². The van der Waals surface area contributed by atoms with Crippen LogP contribution in [0.2, 0.25) is 0 Å². The predicted molar refractivity (Wildman–Crippen MR) is 477 cm³/mol. The summed E-state index contributed by atoms with van der Waals surface area (Å²) < 4.78 is 205. The third kappa shape index (κ3) is 18.8. The number of halogens is 6. The van der Waals surface area contributed by atoms with Gasteiger partial charge in [-0.2, -0.15) is 15.0 Å². The fourth-order valence-electron chi connectivity index (χ4n) is 16.4. The smallest absolute Gasteiger partial charge is 0.325 e. The molecule has 30 atom stereocenters. The molecule has 6 unspecified atom stereocenters. The second-order valence-corrected chi connectivity index (χ2v) is 47.7. The highest BCUT2D eigenvalue weighted by Gasteiger charge is 2.59. The van der Waals surface area contributed by atoms with E-state index in [2.05, 4.69) is 59.8 Å². The number of rotatable bonds is 6. The van der Waals surface area contributed by atoms with Gasteiger partial charge in [0.1, 0.15) is 90.2 Å². The quantitative estimate of drug-likeness (QED) is 0.0839. The molecule has 0 saturated carbocycles. The molecule has 51 nitrogen and oxygen atoms in total. The van der Waals surface area contributed by atoms with Crippen LogP contribution in [0.1, 0.15) is 37.4 Å². The molecule has 0 radical (unpaired) electrons. The van der Waals surface area contributed by atoms with Gasteiger partial charge in [0.05, 0.1) is 58.6 Å². The first-order valence-corrected chi connectivity index (χ1v) is 55.0. The number of fused-ring (bicyclic) bond motifs is 15. The van der Waals surface area contributed by atoms with Gasteiger partial charge in [0.25, 0.3) is 16.7 Å². The van der Waals surface area contributed by atoms with Crippen molar-refractivity contribution < 1.29 is 138 Å². The molecule has 21 N–H and O–H groups in total. The van der Waals surface area contributed by atoms with E-state index >= 15 is 26.3 Å². The number of alkyl halides is 6. The molecule has 9 saturated heterocycles. The Morgan fingerprint density at radius 1 is 0.311 bits per heavy atom. The molecular weight excluding hydrogens is 2050 g/mol. The molecule has 9 fully saturated rings. The SMILES string of the molecule is Nc1nc2c(ncn2[C@@H]2O[C@@H]3COP(O)(=S)O[C@H]4[C@H](F)[C@H](n5ccc6c(N)ccnc65)O[C@@H]4COP(O)(=S)O[C@@H]2[C@@H]3F)c(=O)[nH]1.Nc1nc2c(ncn2[C@@H]2O[C@@H]3COP(O)(=S)O[C@H]4[C@H](F)[C@H](n5ccc6c(N)ccnc65)O[C@@H]4COP(O)(=S)O[C@@H]2[C@@H]3F)c(=O)[nH]1.Nc1nc2c(ncn2[C@@H]2O[C@@H]3COP(O)(=S)O[C@H]4[C@H](F)[C@H](n5ccc6c(N)ccnc65)O[C@@H]4COP(O)(=S)O[C@@H]2[C@@H]3F)c(=O)[nH]1. The molecule has 9 aliphatic heterocycles. The van der Waals surface area contributed by atoms with E-state index in [1.165, 1.54) is 64.6 Å². The Morgan fingerprint density at radius 3 is 0.793 bits per heavy atom. The number of hydrogen-bond acceptors (Lipinski definition) is 42. The van der Waals surface area contributed by atoms with Gasteiger partial charge in [-0.3, -0.25) is 70.2 Å². The molecule has 0 spiro atoms. The number of aromatic nitrogens is 18. The normalized spacial score (nSPS) is 37.7. The van der Waals surface area contributed by atoms with E-state index in [1.54, 1.807) is 36.4 Å². The molecule has 21 heterocycles. The summed E-state index contributed by atoms with van der Waals surface area (Å²) in [6, 6.07) is 9.63. The lowest BCUT2D eigenvalue weighted by Crippen LogP contribution is -2.34. The van der Waals surface area contributed by atoms with Crippen LogP contribution in [0.15, 0.2) is 107 Å². The minimum absolute atomic E-state index is 0.0801. The summed E-state index contributed by atoms with van der Waals surface area (Å²) >= 11 is 31.0. The molecule has 135 heavy (non-hydrogen) atoms. The van der Waals surface area contributed by atoms with Crippen molar-refractivity contribution in [3.8, 4) is 0 Å². The second kappa shape index (κ2) is 36.8. The zero-order valence-electron chi connectivity index (χ0n) is 67.6. The summed E-state index contributed by atoms with van der Waals surface area (Å²) in [5, 5.41) is 1.63. The van der Waals surface area contributed by atoms with E-state index in [-0.39, 0.29) is 51.3 Å². The summed E-state index contributed by atoms with van der Waals surface area (Å²) in [4.78, 5) is 147. The molecule has 0 aromatic carbocycles. The van der Waals surface area contributed by atoms with Gasteiger partial charge in [0.15, 0.2) is 108 Å². The van der Waals surface area contributed by atoms with Crippen molar-refractivity contribution in [1.29, 1.82) is 0 Å². The summed E-state index contributed by atoms with van der Waals surface area (Å²) in [6.07, 6.45) is -26.3. The molecule has 69 heteroatoms. The van der Waals surface area contributed by atoms with Crippen molar-refractivity contribution >= 4 is 213 Å². The third-order valence-electron chi connectivity index (χ3n) is 22.5. The van der Waals surface area contributed by atoms with Crippen LogP contribution >= 0.6 is 40.3 Å². The van der Waals surface area contributed by atoms with E-state index in [0.717, 1.165) is 19.0 Å². The van der Waals surface area contributed by atoms with Crippen molar-refractivity contribution in [2.24, 2.45) is 0 Å². The zero-order chi connectivity index (χ0) is 95.5. The summed E-state index contributed by atoms with van der Waals surface area (Å²) in [7, 11) is 0. The van der Waals surface area contributed by atoms with Crippen LogP contribution in [-0.2, 0) is 154 Å². The average molecular weight is 2130 g/mol. The van der Waals surface area contributed by atoms with Crippen LogP contribution in [0.3, 0.4) is 0 Å². The maximum absolute atomic E-state index is 16.0. The van der Waals surface area contributed by atoms with E-state index in [4.69, 9.17) is 188 Å². The summed E-state index contributed by atoms with van der Waals surface area (Å²) in [6.45, 7) is -29.8. The highest BCUT2D eigenvalue weighted by molar-refractivity contribution is 8.08. The Morgan fingerprint density at radius 2 is 0.541 bits per heavy atom. The minimum Gasteiger partial charge on any atom is -0.398 e. The Bertz CT molecular complexity index is 6500. The number of imidazole rings is 3. The Balaban J connectivity index is 0.000000130. The first-order valence-electron chi connectivity index (χ1n) is 39.5. The summed E-state index contributed by atoms with van der Waals surface area (Å²) in [5.74, 6) is -0.750. The monoisotopic (exact) mass is 2120 g/mol. The Hall–Kier alpha value is -7.56. The number of anilines is 6. The number of pyridine rings is 3. The lowest BCUT2D eigenvalue weighted by Gasteiger charge is -2.27. The fourth-order valence-corrected chi connectivity index (χ4v) is 24.9. The average Bonchev–Trinajstić information content (AvgIpc) is 1.63. The van der Waals surface area contributed by atoms with Gasteiger partial charge in [-0.1, -0.05) is 0 Å². The second-order valence-electron chi connectivity index (χ2n) is 31.0. The molecule has 0 aliphatic carbocycles. The number of ether oxygens (including phenoxy) is 6. The number of nitrogens with two attached hydrogens (primary N) is 6. The van der Waals surface area contributed by atoms with Crippen LogP contribution < -0.4 is 51.1 Å². The number of nitrogens with zero attached hydrogens (tertiary/aromatic N) is 15. The highest BCUT2D eigenvalue weighted by atomic mass is 32.5. The minimum atomic E-state index is -4.33. The number of nitrogens with one attached hydrogen (secondary N) is 3. The highest BCUT2D eigenvalue weighted by Crippen LogP contribution is 2.60. The molecule has 0 amide bonds. The molecule has 12 aromatic rings. The van der Waals surface area contributed by atoms with Gasteiger partial charge in [-0.15, -0.1) is 0 Å². The molecule has 21 rings (SSSR count). The molecular formula is C66H72F6N24O27P6S6. The van der Waals surface area contributed by atoms with Crippen LogP contribution in [0, 0.1) is 0 Å². The molecule has 12 aromatic heterocycles. The predicted octanol–water partition coefficient (Wildman–Crippen LogP) is 3.17. The number of nitrogen functional groups attached to an aromatic ring is 6. The number of hydrogen-bond donors (Lipinski definition) is 15.